The third-order valence-corrected chi connectivity index (χ3v) is 4.73. The summed E-state index contributed by atoms with van der Waals surface area (Å²) in [6, 6.07) is 24.2. The third kappa shape index (κ3) is 6.42. The second-order valence-corrected chi connectivity index (χ2v) is 6.86. The maximum absolute atomic E-state index is 7.00. The zero-order valence-corrected chi connectivity index (χ0v) is 17.9. The Balaban J connectivity index is 1.97. The van der Waals surface area contributed by atoms with E-state index in [4.69, 9.17) is 19.6 Å². The van der Waals surface area contributed by atoms with Crippen LogP contribution in [0.2, 0.25) is 0 Å². The monoisotopic (exact) mass is 421 g/mol. The Kier molecular flexibility index (Phi) is 8.13. The zero-order valence-electron chi connectivity index (χ0n) is 17.9. The van der Waals surface area contributed by atoms with E-state index >= 15 is 0 Å². The highest BCUT2D eigenvalue weighted by molar-refractivity contribution is 5.77. The summed E-state index contributed by atoms with van der Waals surface area (Å²) in [6.45, 7) is 14.4. The van der Waals surface area contributed by atoms with Crippen LogP contribution in [0.15, 0.2) is 79.0 Å². The fourth-order valence-corrected chi connectivity index (χ4v) is 3.17. The van der Waals surface area contributed by atoms with Crippen LogP contribution in [0.25, 0.3) is 15.8 Å². The lowest BCUT2D eigenvalue weighted by molar-refractivity contribution is 1.08. The summed E-state index contributed by atoms with van der Waals surface area (Å²) in [4.78, 5) is 8.85. The van der Waals surface area contributed by atoms with Gasteiger partial charge in [0.15, 0.2) is 6.20 Å². The lowest BCUT2D eigenvalue weighted by Crippen LogP contribution is -2.10. The lowest BCUT2D eigenvalue weighted by atomic mass is 10.1. The summed E-state index contributed by atoms with van der Waals surface area (Å²) < 4.78 is 0. The first-order valence-electron chi connectivity index (χ1n) is 10.2. The van der Waals surface area contributed by atoms with Crippen LogP contribution in [0.3, 0.4) is 0 Å². The van der Waals surface area contributed by atoms with E-state index in [0.717, 1.165) is 40.2 Å². The summed E-state index contributed by atoms with van der Waals surface area (Å²) in [5.41, 5.74) is 5.91. The molecule has 0 aliphatic rings. The Morgan fingerprint density at radius 1 is 0.788 bits per heavy atom. The van der Waals surface area contributed by atoms with Gasteiger partial charge in [-0.3, -0.25) is 0 Å². The molecule has 0 radical (unpaired) electrons. The highest BCUT2D eigenvalue weighted by Crippen LogP contribution is 2.35. The van der Waals surface area contributed by atoms with E-state index in [1.54, 1.807) is 6.08 Å². The van der Waals surface area contributed by atoms with Crippen molar-refractivity contribution in [2.75, 3.05) is 11.4 Å². The fraction of sp³-hybridized carbons (Fsp3) is 0.0667. The number of hydrogen-bond donors (Lipinski definition) is 0. The molecule has 3 heteroatoms. The molecule has 0 unspecified atom stereocenters. The van der Waals surface area contributed by atoms with Gasteiger partial charge in [0.1, 0.15) is 0 Å². The number of hydrogen-bond acceptors (Lipinski definition) is 1. The van der Waals surface area contributed by atoms with Gasteiger partial charge in [0.2, 0.25) is 6.54 Å². The Labute approximate surface area is 195 Å². The van der Waals surface area contributed by atoms with Crippen LogP contribution in [0.1, 0.15) is 16.7 Å². The predicted octanol–water partition coefficient (Wildman–Crippen LogP) is 6.50. The highest BCUT2D eigenvalue weighted by atomic mass is 15.1. The minimum Gasteiger partial charge on any atom is -0.317 e. The van der Waals surface area contributed by atoms with Crippen molar-refractivity contribution in [2.24, 2.45) is 0 Å². The molecule has 0 atom stereocenters. The summed E-state index contributed by atoms with van der Waals surface area (Å²) >= 11 is 0. The summed E-state index contributed by atoms with van der Waals surface area (Å²) in [5, 5.41) is 0. The standard InChI is InChI=1S/C30H19N3/c1-4-5-6-7-8-25-9-15-28(16-10-25)33(29-17-11-26(12-18-29)21-23-31-2)30-19-13-27(14-20-30)22-24-32-3/h1,9-21,23H,22,24H2/b23-21+. The first kappa shape index (κ1) is 22.5. The van der Waals surface area contributed by atoms with Gasteiger partial charge in [-0.1, -0.05) is 36.3 Å². The molecule has 0 aliphatic heterocycles. The second-order valence-electron chi connectivity index (χ2n) is 6.86. The topological polar surface area (TPSA) is 12.0 Å². The molecule has 0 saturated heterocycles. The van der Waals surface area contributed by atoms with Crippen molar-refractivity contribution in [1.29, 1.82) is 0 Å². The molecule has 3 aromatic carbocycles. The normalized spacial score (nSPS) is 9.36. The average Bonchev–Trinajstić information content (AvgIpc) is 2.86. The van der Waals surface area contributed by atoms with Crippen LogP contribution in [-0.4, -0.2) is 6.54 Å². The Hall–Kier alpha value is -5.14. The minimum absolute atomic E-state index is 0.483. The van der Waals surface area contributed by atoms with Crippen LogP contribution in [-0.2, 0) is 6.42 Å². The van der Waals surface area contributed by atoms with Crippen molar-refractivity contribution >= 4 is 23.1 Å². The van der Waals surface area contributed by atoms with Crippen molar-refractivity contribution in [1.82, 2.24) is 0 Å². The molecule has 0 saturated carbocycles. The van der Waals surface area contributed by atoms with Gasteiger partial charge in [0.05, 0.1) is 6.57 Å². The van der Waals surface area contributed by atoms with E-state index in [-0.39, 0.29) is 0 Å². The van der Waals surface area contributed by atoms with E-state index in [0.29, 0.717) is 6.54 Å². The molecule has 33 heavy (non-hydrogen) atoms. The van der Waals surface area contributed by atoms with Crippen molar-refractivity contribution in [3.8, 4) is 36.0 Å². The van der Waals surface area contributed by atoms with Crippen LogP contribution >= 0.6 is 0 Å². The molecule has 0 aliphatic carbocycles. The number of rotatable bonds is 6. The van der Waals surface area contributed by atoms with Gasteiger partial charge in [-0.2, -0.15) is 0 Å². The molecule has 3 rings (SSSR count). The summed E-state index contributed by atoms with van der Waals surface area (Å²) in [5.74, 6) is 13.1. The molecule has 0 N–H and O–H groups in total. The molecular weight excluding hydrogens is 402 g/mol. The van der Waals surface area contributed by atoms with Crippen LogP contribution in [0.5, 0.6) is 0 Å². The van der Waals surface area contributed by atoms with E-state index in [1.165, 1.54) is 6.20 Å². The Bertz CT molecular complexity index is 1370. The molecule has 0 heterocycles. The molecule has 3 nitrogen and oxygen atoms in total. The second kappa shape index (κ2) is 11.9. The van der Waals surface area contributed by atoms with E-state index in [2.05, 4.69) is 68.5 Å². The van der Waals surface area contributed by atoms with Crippen molar-refractivity contribution in [2.45, 2.75) is 6.42 Å². The summed E-state index contributed by atoms with van der Waals surface area (Å²) in [7, 11) is 0. The van der Waals surface area contributed by atoms with E-state index < -0.39 is 0 Å². The molecule has 0 aromatic heterocycles. The quantitative estimate of drug-likeness (QED) is 0.327. The molecule has 0 fully saturated rings. The molecule has 3 aromatic rings. The van der Waals surface area contributed by atoms with Gasteiger partial charge >= 0.3 is 0 Å². The number of benzene rings is 3. The van der Waals surface area contributed by atoms with Gasteiger partial charge in [0.25, 0.3) is 0 Å². The van der Waals surface area contributed by atoms with Crippen LogP contribution in [0, 0.1) is 49.2 Å². The molecule has 154 valence electrons. The first-order chi connectivity index (χ1) is 16.2. The largest absolute Gasteiger partial charge is 0.317 e. The van der Waals surface area contributed by atoms with Gasteiger partial charge in [-0.25, -0.2) is 11.4 Å². The van der Waals surface area contributed by atoms with Gasteiger partial charge in [0, 0.05) is 29.0 Å². The first-order valence-corrected chi connectivity index (χ1v) is 10.2. The SMILES string of the molecule is [C-]#[N+]/C=C/c1ccc(N(c2ccc(C#CC#CC#C)cc2)c2ccc(CC[N+]#[C-])cc2)cc1. The Morgan fingerprint density at radius 3 is 1.97 bits per heavy atom. The van der Waals surface area contributed by atoms with Crippen molar-refractivity contribution in [3.63, 3.8) is 0 Å². The predicted molar refractivity (Wildman–Crippen MR) is 135 cm³/mol. The smallest absolute Gasteiger partial charge is 0.218 e. The molecule has 0 bridgehead atoms. The zero-order chi connectivity index (χ0) is 23.3. The van der Waals surface area contributed by atoms with Gasteiger partial charge < -0.3 is 9.74 Å². The van der Waals surface area contributed by atoms with Crippen LogP contribution in [0.4, 0.5) is 17.1 Å². The maximum atomic E-state index is 7.00. The number of terminal acetylenes is 1. The van der Waals surface area contributed by atoms with Gasteiger partial charge in [-0.05, 0) is 83.3 Å². The number of nitrogens with zero attached hydrogens (tertiary/aromatic N) is 3. The fourth-order valence-electron chi connectivity index (χ4n) is 3.17. The van der Waals surface area contributed by atoms with E-state index in [9.17, 15) is 0 Å². The van der Waals surface area contributed by atoms with E-state index in [1.807, 2.05) is 48.5 Å². The summed E-state index contributed by atoms with van der Waals surface area (Å²) in [6.07, 6.45) is 9.08. The Morgan fingerprint density at radius 2 is 1.39 bits per heavy atom. The third-order valence-electron chi connectivity index (χ3n) is 4.73. The minimum atomic E-state index is 0.483. The lowest BCUT2D eigenvalue weighted by Gasteiger charge is -2.26. The maximum Gasteiger partial charge on any atom is 0.218 e. The van der Waals surface area contributed by atoms with Crippen molar-refractivity contribution in [3.05, 3.63) is 119 Å². The van der Waals surface area contributed by atoms with Crippen LogP contribution < -0.4 is 4.90 Å². The van der Waals surface area contributed by atoms with Crippen molar-refractivity contribution < 1.29 is 0 Å². The molecule has 0 spiro atoms. The molecule has 0 amide bonds. The highest BCUT2D eigenvalue weighted by Gasteiger charge is 2.12. The van der Waals surface area contributed by atoms with Gasteiger partial charge in [-0.15, -0.1) is 6.42 Å². The average molecular weight is 422 g/mol. The number of anilines is 3. The molecular formula is C30H19N3.